The minimum atomic E-state index is 0.156. The number of hydrogen-bond donors (Lipinski definition) is 0. The van der Waals surface area contributed by atoms with Crippen LogP contribution in [0.1, 0.15) is 27.7 Å². The van der Waals surface area contributed by atoms with E-state index in [1.807, 2.05) is 13.0 Å². The zero-order valence-electron chi connectivity index (χ0n) is 6.99. The van der Waals surface area contributed by atoms with Gasteiger partial charge in [-0.25, -0.2) is 0 Å². The fourth-order valence-corrected chi connectivity index (χ4v) is 0.857. The van der Waals surface area contributed by atoms with E-state index in [1.54, 1.807) is 7.11 Å². The molecule has 0 aromatic rings. The van der Waals surface area contributed by atoms with Gasteiger partial charge in [-0.1, -0.05) is 20.8 Å². The van der Waals surface area contributed by atoms with Crippen molar-refractivity contribution in [3.05, 3.63) is 11.8 Å². The third-order valence-electron chi connectivity index (χ3n) is 1.22. The normalized spacial score (nSPS) is 13.7. The summed E-state index contributed by atoms with van der Waals surface area (Å²) in [5.41, 5.74) is 0.156. The summed E-state index contributed by atoms with van der Waals surface area (Å²) in [6, 6.07) is 0. The van der Waals surface area contributed by atoms with Gasteiger partial charge in [0.05, 0.1) is 12.9 Å². The van der Waals surface area contributed by atoms with Gasteiger partial charge in [0.2, 0.25) is 0 Å². The second kappa shape index (κ2) is 2.90. The molecule has 0 N–H and O–H groups in total. The summed E-state index contributed by atoms with van der Waals surface area (Å²) in [7, 11) is 1.71. The topological polar surface area (TPSA) is 9.23 Å². The van der Waals surface area contributed by atoms with Crippen molar-refractivity contribution in [1.82, 2.24) is 0 Å². The molecule has 0 aromatic heterocycles. The van der Waals surface area contributed by atoms with Gasteiger partial charge in [-0.15, -0.1) is 0 Å². The van der Waals surface area contributed by atoms with E-state index in [0.29, 0.717) is 0 Å². The molecular formula is C8H16O. The van der Waals surface area contributed by atoms with Crippen LogP contribution in [0.15, 0.2) is 11.8 Å². The van der Waals surface area contributed by atoms with E-state index in [-0.39, 0.29) is 5.41 Å². The lowest BCUT2D eigenvalue weighted by molar-refractivity contribution is 0.206. The molecule has 9 heavy (non-hydrogen) atoms. The quantitative estimate of drug-likeness (QED) is 0.493. The highest BCUT2D eigenvalue weighted by molar-refractivity contribution is 5.00. The minimum absolute atomic E-state index is 0.156. The van der Waals surface area contributed by atoms with Gasteiger partial charge >= 0.3 is 0 Å². The van der Waals surface area contributed by atoms with Crippen LogP contribution in [0.3, 0.4) is 0 Å². The van der Waals surface area contributed by atoms with Gasteiger partial charge in [-0.05, 0) is 13.0 Å². The van der Waals surface area contributed by atoms with E-state index < -0.39 is 0 Å². The summed E-state index contributed by atoms with van der Waals surface area (Å²) in [5, 5.41) is 0. The highest BCUT2D eigenvalue weighted by Crippen LogP contribution is 2.24. The number of allylic oxidation sites excluding steroid dienone is 2. The minimum Gasteiger partial charge on any atom is -0.501 e. The van der Waals surface area contributed by atoms with Crippen molar-refractivity contribution in [3.8, 4) is 0 Å². The highest BCUT2D eigenvalue weighted by atomic mass is 16.5. The van der Waals surface area contributed by atoms with Crippen molar-refractivity contribution in [1.29, 1.82) is 0 Å². The van der Waals surface area contributed by atoms with Crippen molar-refractivity contribution in [2.45, 2.75) is 27.7 Å². The predicted molar refractivity (Wildman–Crippen MR) is 40.2 cm³/mol. The molecule has 0 aliphatic heterocycles. The lowest BCUT2D eigenvalue weighted by atomic mass is 9.94. The highest BCUT2D eigenvalue weighted by Gasteiger charge is 2.15. The Morgan fingerprint density at radius 3 is 1.78 bits per heavy atom. The molecule has 0 aromatic carbocycles. The Morgan fingerprint density at radius 2 is 1.78 bits per heavy atom. The molecule has 0 bridgehead atoms. The van der Waals surface area contributed by atoms with Crippen molar-refractivity contribution in [2.24, 2.45) is 5.41 Å². The summed E-state index contributed by atoms with van der Waals surface area (Å²) >= 11 is 0. The van der Waals surface area contributed by atoms with Gasteiger partial charge in [0, 0.05) is 5.41 Å². The molecule has 0 saturated carbocycles. The van der Waals surface area contributed by atoms with Crippen molar-refractivity contribution < 1.29 is 4.74 Å². The smallest absolute Gasteiger partial charge is 0.0966 e. The van der Waals surface area contributed by atoms with Crippen LogP contribution in [0.5, 0.6) is 0 Å². The molecule has 0 radical (unpaired) electrons. The second-order valence-corrected chi connectivity index (χ2v) is 3.11. The molecular weight excluding hydrogens is 112 g/mol. The lowest BCUT2D eigenvalue weighted by Gasteiger charge is -2.20. The average molecular weight is 128 g/mol. The van der Waals surface area contributed by atoms with Crippen LogP contribution in [0.25, 0.3) is 0 Å². The lowest BCUT2D eigenvalue weighted by Crippen LogP contribution is -2.10. The van der Waals surface area contributed by atoms with E-state index in [0.717, 1.165) is 5.76 Å². The van der Waals surface area contributed by atoms with E-state index in [2.05, 4.69) is 20.8 Å². The van der Waals surface area contributed by atoms with Gasteiger partial charge in [0.15, 0.2) is 0 Å². The fraction of sp³-hybridized carbons (Fsp3) is 0.750. The van der Waals surface area contributed by atoms with Crippen LogP contribution in [-0.2, 0) is 4.74 Å². The van der Waals surface area contributed by atoms with Gasteiger partial charge in [-0.3, -0.25) is 0 Å². The zero-order chi connectivity index (χ0) is 7.49. The van der Waals surface area contributed by atoms with Crippen molar-refractivity contribution in [2.75, 3.05) is 7.11 Å². The van der Waals surface area contributed by atoms with E-state index in [9.17, 15) is 0 Å². The van der Waals surface area contributed by atoms with Crippen LogP contribution in [0.2, 0.25) is 0 Å². The van der Waals surface area contributed by atoms with Crippen LogP contribution < -0.4 is 0 Å². The summed E-state index contributed by atoms with van der Waals surface area (Å²) in [6.45, 7) is 8.38. The summed E-state index contributed by atoms with van der Waals surface area (Å²) in [6.07, 6.45) is 2.00. The Balaban J connectivity index is 4.14. The van der Waals surface area contributed by atoms with E-state index >= 15 is 0 Å². The molecule has 1 heteroatoms. The first-order valence-corrected chi connectivity index (χ1v) is 3.23. The maximum Gasteiger partial charge on any atom is 0.0966 e. The largest absolute Gasteiger partial charge is 0.501 e. The summed E-state index contributed by atoms with van der Waals surface area (Å²) in [5.74, 6) is 1.04. The number of ether oxygens (including phenoxy) is 1. The Bertz CT molecular complexity index is 106. The van der Waals surface area contributed by atoms with Crippen LogP contribution in [0.4, 0.5) is 0 Å². The molecule has 1 nitrogen and oxygen atoms in total. The third kappa shape index (κ3) is 2.54. The van der Waals surface area contributed by atoms with Crippen LogP contribution >= 0.6 is 0 Å². The van der Waals surface area contributed by atoms with Gasteiger partial charge in [-0.2, -0.15) is 0 Å². The van der Waals surface area contributed by atoms with Gasteiger partial charge in [0.25, 0.3) is 0 Å². The molecule has 0 amide bonds. The van der Waals surface area contributed by atoms with E-state index in [1.165, 1.54) is 0 Å². The third-order valence-corrected chi connectivity index (χ3v) is 1.22. The monoisotopic (exact) mass is 128 g/mol. The predicted octanol–water partition coefficient (Wildman–Crippen LogP) is 2.58. The molecule has 0 atom stereocenters. The first-order chi connectivity index (χ1) is 4.02. The molecule has 0 unspecified atom stereocenters. The molecule has 0 aliphatic carbocycles. The van der Waals surface area contributed by atoms with Gasteiger partial charge in [0.1, 0.15) is 0 Å². The zero-order valence-corrected chi connectivity index (χ0v) is 6.99. The van der Waals surface area contributed by atoms with Gasteiger partial charge < -0.3 is 4.74 Å². The summed E-state index contributed by atoms with van der Waals surface area (Å²) in [4.78, 5) is 0. The average Bonchev–Trinajstić information content (AvgIpc) is 1.65. The Hall–Kier alpha value is -0.460. The number of hydrogen-bond acceptors (Lipinski definition) is 1. The number of rotatable bonds is 1. The number of methoxy groups -OCH3 is 1. The van der Waals surface area contributed by atoms with Crippen molar-refractivity contribution in [3.63, 3.8) is 0 Å². The summed E-state index contributed by atoms with van der Waals surface area (Å²) < 4.78 is 5.12. The molecule has 0 aliphatic rings. The SMILES string of the molecule is C/C=C(/OC)C(C)(C)C. The Kier molecular flexibility index (Phi) is 2.75. The molecule has 0 saturated heterocycles. The molecule has 0 rings (SSSR count). The maximum atomic E-state index is 5.12. The fourth-order valence-electron chi connectivity index (χ4n) is 0.857. The first kappa shape index (κ1) is 8.54. The Labute approximate surface area is 57.7 Å². The standard InChI is InChI=1S/C8H16O/c1-6-7(9-5)8(2,3)4/h6H,1-5H3/b7-6+. The molecule has 54 valence electrons. The van der Waals surface area contributed by atoms with E-state index in [4.69, 9.17) is 4.74 Å². The Morgan fingerprint density at radius 1 is 1.33 bits per heavy atom. The second-order valence-electron chi connectivity index (χ2n) is 3.11. The molecule has 0 heterocycles. The van der Waals surface area contributed by atoms with Crippen LogP contribution in [0, 0.1) is 5.41 Å². The molecule has 0 fully saturated rings. The van der Waals surface area contributed by atoms with Crippen molar-refractivity contribution >= 4 is 0 Å². The van der Waals surface area contributed by atoms with Crippen LogP contribution in [-0.4, -0.2) is 7.11 Å². The maximum absolute atomic E-state index is 5.12. The molecule has 0 spiro atoms. The first-order valence-electron chi connectivity index (χ1n) is 3.23.